The standard InChI is InChI=1S/C19H21NO3/c1-3-16(14-10-6-4-7-11-14)17(19(22)23-2)20-18(21)15-12-8-5-9-13-15/h4-13,16-17H,3H2,1-2H3,(H,20,21). The van der Waals surface area contributed by atoms with Crippen LogP contribution in [0, 0.1) is 0 Å². The molecule has 1 amide bonds. The molecule has 4 nitrogen and oxygen atoms in total. The molecule has 0 saturated carbocycles. The van der Waals surface area contributed by atoms with Gasteiger partial charge in [0.05, 0.1) is 7.11 Å². The van der Waals surface area contributed by atoms with Crippen molar-refractivity contribution < 1.29 is 14.3 Å². The molecule has 0 aromatic heterocycles. The van der Waals surface area contributed by atoms with Crippen LogP contribution in [0.5, 0.6) is 0 Å². The number of esters is 1. The number of rotatable bonds is 6. The summed E-state index contributed by atoms with van der Waals surface area (Å²) in [6.07, 6.45) is 0.707. The average Bonchev–Trinajstić information content (AvgIpc) is 2.62. The number of amides is 1. The number of hydrogen-bond donors (Lipinski definition) is 1. The molecule has 2 aromatic carbocycles. The summed E-state index contributed by atoms with van der Waals surface area (Å²) < 4.78 is 4.90. The third-order valence-electron chi connectivity index (χ3n) is 3.85. The van der Waals surface area contributed by atoms with E-state index in [0.29, 0.717) is 12.0 Å². The number of methoxy groups -OCH3 is 1. The molecule has 0 fully saturated rings. The van der Waals surface area contributed by atoms with Gasteiger partial charge in [0, 0.05) is 11.5 Å². The Kier molecular flexibility index (Phi) is 5.92. The number of carbonyl (C=O) groups excluding carboxylic acids is 2. The van der Waals surface area contributed by atoms with E-state index in [1.807, 2.05) is 43.3 Å². The Balaban J connectivity index is 2.26. The molecule has 2 atom stereocenters. The number of ether oxygens (including phenoxy) is 1. The highest BCUT2D eigenvalue weighted by atomic mass is 16.5. The fourth-order valence-corrected chi connectivity index (χ4v) is 2.63. The van der Waals surface area contributed by atoms with Crippen LogP contribution in [-0.2, 0) is 9.53 Å². The normalized spacial score (nSPS) is 13.0. The summed E-state index contributed by atoms with van der Waals surface area (Å²) in [5.74, 6) is -0.864. The summed E-state index contributed by atoms with van der Waals surface area (Å²) >= 11 is 0. The van der Waals surface area contributed by atoms with E-state index in [0.717, 1.165) is 5.56 Å². The van der Waals surface area contributed by atoms with Crippen LogP contribution < -0.4 is 5.32 Å². The molecule has 0 aliphatic heterocycles. The second-order valence-electron chi connectivity index (χ2n) is 5.27. The smallest absolute Gasteiger partial charge is 0.329 e. The molecule has 23 heavy (non-hydrogen) atoms. The fourth-order valence-electron chi connectivity index (χ4n) is 2.63. The number of hydrogen-bond acceptors (Lipinski definition) is 3. The maximum atomic E-state index is 12.4. The van der Waals surface area contributed by atoms with Crippen LogP contribution in [0.15, 0.2) is 60.7 Å². The first kappa shape index (κ1) is 16.7. The van der Waals surface area contributed by atoms with Crippen molar-refractivity contribution in [3.63, 3.8) is 0 Å². The number of benzene rings is 2. The summed E-state index contributed by atoms with van der Waals surface area (Å²) in [5, 5.41) is 2.82. The van der Waals surface area contributed by atoms with Gasteiger partial charge in [0.25, 0.3) is 5.91 Å². The molecule has 0 spiro atoms. The first-order valence-electron chi connectivity index (χ1n) is 7.66. The van der Waals surface area contributed by atoms with Gasteiger partial charge in [0.2, 0.25) is 0 Å². The van der Waals surface area contributed by atoms with E-state index in [9.17, 15) is 9.59 Å². The lowest BCUT2D eigenvalue weighted by atomic mass is 9.89. The minimum absolute atomic E-state index is 0.142. The number of nitrogens with one attached hydrogen (secondary N) is 1. The Hall–Kier alpha value is -2.62. The lowest BCUT2D eigenvalue weighted by Gasteiger charge is -2.25. The van der Waals surface area contributed by atoms with Gasteiger partial charge in [-0.2, -0.15) is 0 Å². The number of carbonyl (C=O) groups is 2. The third kappa shape index (κ3) is 4.19. The molecule has 0 radical (unpaired) electrons. The summed E-state index contributed by atoms with van der Waals surface area (Å²) in [5.41, 5.74) is 1.52. The highest BCUT2D eigenvalue weighted by Crippen LogP contribution is 2.24. The first-order valence-corrected chi connectivity index (χ1v) is 7.66. The highest BCUT2D eigenvalue weighted by Gasteiger charge is 2.31. The van der Waals surface area contributed by atoms with Gasteiger partial charge in [-0.05, 0) is 24.1 Å². The van der Waals surface area contributed by atoms with Crippen LogP contribution in [0.4, 0.5) is 0 Å². The monoisotopic (exact) mass is 311 g/mol. The first-order chi connectivity index (χ1) is 11.2. The van der Waals surface area contributed by atoms with Crippen LogP contribution >= 0.6 is 0 Å². The molecule has 0 aliphatic carbocycles. The molecule has 0 saturated heterocycles. The van der Waals surface area contributed by atoms with Crippen LogP contribution in [0.25, 0.3) is 0 Å². The molecule has 1 N–H and O–H groups in total. The second kappa shape index (κ2) is 8.13. The van der Waals surface area contributed by atoms with E-state index in [1.165, 1.54) is 7.11 Å². The van der Waals surface area contributed by atoms with Crippen molar-refractivity contribution in [3.8, 4) is 0 Å². The Morgan fingerprint density at radius 1 is 1.00 bits per heavy atom. The van der Waals surface area contributed by atoms with Crippen molar-refractivity contribution in [2.24, 2.45) is 0 Å². The quantitative estimate of drug-likeness (QED) is 0.834. The minimum Gasteiger partial charge on any atom is -0.467 e. The summed E-state index contributed by atoms with van der Waals surface area (Å²) in [7, 11) is 1.34. The largest absolute Gasteiger partial charge is 0.467 e. The molecular weight excluding hydrogens is 290 g/mol. The van der Waals surface area contributed by atoms with E-state index in [4.69, 9.17) is 4.74 Å². The van der Waals surface area contributed by atoms with Gasteiger partial charge in [0.1, 0.15) is 6.04 Å². The molecule has 2 aromatic rings. The van der Waals surface area contributed by atoms with Gasteiger partial charge >= 0.3 is 5.97 Å². The average molecular weight is 311 g/mol. The van der Waals surface area contributed by atoms with Gasteiger partial charge < -0.3 is 10.1 Å². The SMILES string of the molecule is CCC(c1ccccc1)C(NC(=O)c1ccccc1)C(=O)OC. The summed E-state index contributed by atoms with van der Waals surface area (Å²) in [4.78, 5) is 24.6. The van der Waals surface area contributed by atoms with Crippen molar-refractivity contribution in [2.75, 3.05) is 7.11 Å². The Labute approximate surface area is 136 Å². The highest BCUT2D eigenvalue weighted by molar-refractivity contribution is 5.97. The second-order valence-corrected chi connectivity index (χ2v) is 5.27. The van der Waals surface area contributed by atoms with Gasteiger partial charge in [-0.25, -0.2) is 4.79 Å². The van der Waals surface area contributed by atoms with Crippen LogP contribution in [0.1, 0.15) is 35.2 Å². The topological polar surface area (TPSA) is 55.4 Å². The minimum atomic E-state index is -0.722. The summed E-state index contributed by atoms with van der Waals surface area (Å²) in [6.45, 7) is 1.99. The van der Waals surface area contributed by atoms with Crippen molar-refractivity contribution >= 4 is 11.9 Å². The van der Waals surface area contributed by atoms with E-state index in [2.05, 4.69) is 5.32 Å². The van der Waals surface area contributed by atoms with Crippen LogP contribution in [0.2, 0.25) is 0 Å². The summed E-state index contributed by atoms with van der Waals surface area (Å²) in [6, 6.07) is 17.8. The lowest BCUT2D eigenvalue weighted by molar-refractivity contribution is -0.143. The van der Waals surface area contributed by atoms with Crippen molar-refractivity contribution in [3.05, 3.63) is 71.8 Å². The zero-order chi connectivity index (χ0) is 16.7. The van der Waals surface area contributed by atoms with Gasteiger partial charge in [0.15, 0.2) is 0 Å². The predicted molar refractivity (Wildman–Crippen MR) is 89.2 cm³/mol. The van der Waals surface area contributed by atoms with Crippen molar-refractivity contribution in [1.29, 1.82) is 0 Å². The molecular formula is C19H21NO3. The van der Waals surface area contributed by atoms with Gasteiger partial charge in [-0.3, -0.25) is 4.79 Å². The third-order valence-corrected chi connectivity index (χ3v) is 3.85. The molecule has 2 rings (SSSR count). The Bertz CT molecular complexity index is 640. The molecule has 0 heterocycles. The Morgan fingerprint density at radius 3 is 2.09 bits per heavy atom. The van der Waals surface area contributed by atoms with Gasteiger partial charge in [-0.1, -0.05) is 55.5 Å². The fraction of sp³-hybridized carbons (Fsp3) is 0.263. The molecule has 4 heteroatoms. The van der Waals surface area contributed by atoms with E-state index < -0.39 is 12.0 Å². The van der Waals surface area contributed by atoms with Crippen LogP contribution in [-0.4, -0.2) is 25.0 Å². The van der Waals surface area contributed by atoms with E-state index in [1.54, 1.807) is 24.3 Å². The van der Waals surface area contributed by atoms with Gasteiger partial charge in [-0.15, -0.1) is 0 Å². The predicted octanol–water partition coefficient (Wildman–Crippen LogP) is 3.15. The van der Waals surface area contributed by atoms with Crippen molar-refractivity contribution in [2.45, 2.75) is 25.3 Å². The maximum absolute atomic E-state index is 12.4. The van der Waals surface area contributed by atoms with Crippen LogP contribution in [0.3, 0.4) is 0 Å². The van der Waals surface area contributed by atoms with E-state index in [-0.39, 0.29) is 11.8 Å². The molecule has 0 bridgehead atoms. The lowest BCUT2D eigenvalue weighted by Crippen LogP contribution is -2.45. The molecule has 0 aliphatic rings. The van der Waals surface area contributed by atoms with E-state index >= 15 is 0 Å². The molecule has 2 unspecified atom stereocenters. The zero-order valence-corrected chi connectivity index (χ0v) is 13.4. The maximum Gasteiger partial charge on any atom is 0.329 e. The zero-order valence-electron chi connectivity index (χ0n) is 13.4. The Morgan fingerprint density at radius 2 is 1.57 bits per heavy atom. The molecule has 120 valence electrons. The van der Waals surface area contributed by atoms with Crippen molar-refractivity contribution in [1.82, 2.24) is 5.32 Å².